The Bertz CT molecular complexity index is 943. The monoisotopic (exact) mass is 401 g/mol. The van der Waals surface area contributed by atoms with Gasteiger partial charge in [-0.05, 0) is 53.7 Å². The number of benzene rings is 1. The van der Waals surface area contributed by atoms with Gasteiger partial charge < -0.3 is 9.64 Å². The minimum Gasteiger partial charge on any atom is -0.486 e. The number of rotatable bonds is 9. The average molecular weight is 402 g/mol. The molecule has 2 aromatic heterocycles. The minimum absolute atomic E-state index is 0.373. The smallest absolute Gasteiger partial charge is 0.203 e. The van der Waals surface area contributed by atoms with Crippen LogP contribution >= 0.6 is 23.6 Å². The van der Waals surface area contributed by atoms with Gasteiger partial charge in [-0.2, -0.15) is 16.0 Å². The summed E-state index contributed by atoms with van der Waals surface area (Å²) in [5.74, 6) is 1.64. The molecule has 0 aliphatic rings. The molecule has 0 amide bonds. The molecule has 3 rings (SSSR count). The van der Waals surface area contributed by atoms with Crippen LogP contribution < -0.4 is 9.64 Å². The van der Waals surface area contributed by atoms with E-state index in [2.05, 4.69) is 30.5 Å². The molecule has 0 spiro atoms. The fourth-order valence-electron chi connectivity index (χ4n) is 2.91. The van der Waals surface area contributed by atoms with E-state index >= 15 is 0 Å². The third-order valence-corrected chi connectivity index (χ3v) is 5.34. The van der Waals surface area contributed by atoms with E-state index in [4.69, 9.17) is 22.1 Å². The lowest BCUT2D eigenvalue weighted by atomic mass is 10.2. The highest BCUT2D eigenvalue weighted by Gasteiger charge is 2.14. The number of aryl methyl sites for hydroxylation is 1. The zero-order valence-corrected chi connectivity index (χ0v) is 17.4. The lowest BCUT2D eigenvalue weighted by molar-refractivity contribution is -0.917. The van der Waals surface area contributed by atoms with E-state index in [1.165, 1.54) is 16.0 Å². The summed E-state index contributed by atoms with van der Waals surface area (Å²) in [6.45, 7) is 8.52. The number of hydrogen-bond donors (Lipinski definition) is 1. The van der Waals surface area contributed by atoms with Crippen LogP contribution in [0.4, 0.5) is 0 Å². The van der Waals surface area contributed by atoms with Crippen LogP contribution in [0.15, 0.2) is 53.7 Å². The van der Waals surface area contributed by atoms with Gasteiger partial charge in [-0.25, -0.2) is 0 Å². The molecule has 142 valence electrons. The predicted molar refractivity (Wildman–Crippen MR) is 112 cm³/mol. The maximum absolute atomic E-state index is 5.94. The van der Waals surface area contributed by atoms with Gasteiger partial charge in [-0.3, -0.25) is 4.57 Å². The van der Waals surface area contributed by atoms with Crippen molar-refractivity contribution in [3.63, 3.8) is 0 Å². The maximum Gasteiger partial charge on any atom is 0.203 e. The highest BCUT2D eigenvalue weighted by molar-refractivity contribution is 7.71. The Labute approximate surface area is 169 Å². The Morgan fingerprint density at radius 2 is 2.22 bits per heavy atom. The average Bonchev–Trinajstić information content (AvgIpc) is 3.24. The van der Waals surface area contributed by atoms with Crippen molar-refractivity contribution in [2.45, 2.75) is 33.3 Å². The van der Waals surface area contributed by atoms with Crippen molar-refractivity contribution in [1.82, 2.24) is 14.3 Å². The first-order valence-corrected chi connectivity index (χ1v) is 10.2. The number of nitrogens with zero attached hydrogens (tertiary/aromatic N) is 3. The lowest BCUT2D eigenvalue weighted by Crippen LogP contribution is -3.06. The fraction of sp³-hybridized carbons (Fsp3) is 0.300. The standard InChI is InChI=1S/C20H24N4OS2/c1-4-9-23-19(13-25-18-7-5-6-16(2)11-18)21-24(20(23)26)15-22(3)12-17-8-10-27-14-17/h4-8,10-11,14H,1,9,12-13,15H2,2-3H3/p+1. The molecule has 0 fully saturated rings. The first-order valence-electron chi connectivity index (χ1n) is 8.86. The molecule has 2 heterocycles. The number of ether oxygens (including phenoxy) is 1. The lowest BCUT2D eigenvalue weighted by Gasteiger charge is -2.12. The molecule has 7 heteroatoms. The van der Waals surface area contributed by atoms with Crippen molar-refractivity contribution in [1.29, 1.82) is 0 Å². The predicted octanol–water partition coefficient (Wildman–Crippen LogP) is 3.22. The maximum atomic E-state index is 5.94. The van der Waals surface area contributed by atoms with Gasteiger partial charge in [0, 0.05) is 12.1 Å². The van der Waals surface area contributed by atoms with Gasteiger partial charge in [0.1, 0.15) is 18.9 Å². The molecule has 1 N–H and O–H groups in total. The Hall–Kier alpha value is -2.22. The molecule has 0 aliphatic heterocycles. The number of aromatic nitrogens is 3. The highest BCUT2D eigenvalue weighted by Crippen LogP contribution is 2.14. The second-order valence-electron chi connectivity index (χ2n) is 6.63. The van der Waals surface area contributed by atoms with Crippen LogP contribution in [0.1, 0.15) is 17.0 Å². The van der Waals surface area contributed by atoms with Crippen molar-refractivity contribution in [3.8, 4) is 5.75 Å². The van der Waals surface area contributed by atoms with E-state index in [0.717, 1.165) is 18.1 Å². The second-order valence-corrected chi connectivity index (χ2v) is 7.77. The molecule has 0 aliphatic carbocycles. The molecular weight excluding hydrogens is 376 g/mol. The third-order valence-electron chi connectivity index (χ3n) is 4.17. The summed E-state index contributed by atoms with van der Waals surface area (Å²) in [5.41, 5.74) is 2.50. The van der Waals surface area contributed by atoms with Gasteiger partial charge >= 0.3 is 0 Å². The number of thiophene rings is 1. The molecular formula is C20H25N4OS2+. The van der Waals surface area contributed by atoms with Gasteiger partial charge in [0.25, 0.3) is 0 Å². The fourth-order valence-corrected chi connectivity index (χ4v) is 3.87. The molecule has 1 unspecified atom stereocenters. The molecule has 1 atom stereocenters. The van der Waals surface area contributed by atoms with Gasteiger partial charge in [-0.1, -0.05) is 18.2 Å². The SMILES string of the molecule is C=CCn1c(COc2cccc(C)c2)nn(C[NH+](C)Cc2ccsc2)c1=S. The highest BCUT2D eigenvalue weighted by atomic mass is 32.1. The van der Waals surface area contributed by atoms with E-state index in [0.29, 0.717) is 24.6 Å². The first-order chi connectivity index (χ1) is 13.1. The van der Waals surface area contributed by atoms with Gasteiger partial charge in [0.2, 0.25) is 4.77 Å². The van der Waals surface area contributed by atoms with Crippen molar-refractivity contribution < 1.29 is 9.64 Å². The Balaban J connectivity index is 1.74. The molecule has 1 aromatic carbocycles. The van der Waals surface area contributed by atoms with Gasteiger partial charge in [-0.15, -0.1) is 11.7 Å². The topological polar surface area (TPSA) is 36.4 Å². The summed E-state index contributed by atoms with van der Waals surface area (Å²) in [7, 11) is 2.15. The van der Waals surface area contributed by atoms with E-state index < -0.39 is 0 Å². The molecule has 0 bridgehead atoms. The largest absolute Gasteiger partial charge is 0.486 e. The van der Waals surface area contributed by atoms with Crippen LogP contribution in [0.5, 0.6) is 5.75 Å². The van der Waals surface area contributed by atoms with Crippen LogP contribution in [-0.4, -0.2) is 21.4 Å². The molecule has 27 heavy (non-hydrogen) atoms. The molecule has 0 radical (unpaired) electrons. The Kier molecular flexibility index (Phi) is 6.60. The summed E-state index contributed by atoms with van der Waals surface area (Å²) in [6, 6.07) is 10.2. The van der Waals surface area contributed by atoms with E-state index in [1.54, 1.807) is 11.3 Å². The Morgan fingerprint density at radius 3 is 2.93 bits per heavy atom. The van der Waals surface area contributed by atoms with Crippen molar-refractivity contribution in [2.75, 3.05) is 7.05 Å². The summed E-state index contributed by atoms with van der Waals surface area (Å²) in [6.07, 6.45) is 1.83. The van der Waals surface area contributed by atoms with Gasteiger partial charge in [0.05, 0.1) is 7.05 Å². The zero-order chi connectivity index (χ0) is 19.2. The van der Waals surface area contributed by atoms with Crippen molar-refractivity contribution in [3.05, 3.63) is 75.5 Å². The number of allylic oxidation sites excluding steroid dienone is 1. The third kappa shape index (κ3) is 5.15. The van der Waals surface area contributed by atoms with Gasteiger partial charge in [0.15, 0.2) is 12.5 Å². The molecule has 3 aromatic rings. The Morgan fingerprint density at radius 1 is 1.37 bits per heavy atom. The minimum atomic E-state index is 0.373. The van der Waals surface area contributed by atoms with Crippen LogP contribution in [-0.2, 0) is 26.4 Å². The van der Waals surface area contributed by atoms with Crippen LogP contribution in [0.3, 0.4) is 0 Å². The van der Waals surface area contributed by atoms with Crippen LogP contribution in [0.2, 0.25) is 0 Å². The first kappa shape index (κ1) is 19.5. The van der Waals surface area contributed by atoms with E-state index in [1.807, 2.05) is 46.5 Å². The summed E-state index contributed by atoms with van der Waals surface area (Å²) in [5, 5.41) is 9.01. The van der Waals surface area contributed by atoms with Crippen molar-refractivity contribution >= 4 is 23.6 Å². The quantitative estimate of drug-likeness (QED) is 0.442. The van der Waals surface area contributed by atoms with Crippen LogP contribution in [0, 0.1) is 11.7 Å². The zero-order valence-electron chi connectivity index (χ0n) is 15.7. The second kappa shape index (κ2) is 9.12. The van der Waals surface area contributed by atoms with Crippen LogP contribution in [0.25, 0.3) is 0 Å². The number of quaternary nitrogens is 1. The summed E-state index contributed by atoms with van der Waals surface area (Å²) >= 11 is 7.37. The summed E-state index contributed by atoms with van der Waals surface area (Å²) in [4.78, 5) is 1.32. The van der Waals surface area contributed by atoms with Crippen molar-refractivity contribution in [2.24, 2.45) is 0 Å². The molecule has 0 saturated carbocycles. The molecule has 0 saturated heterocycles. The number of hydrogen-bond acceptors (Lipinski definition) is 4. The summed E-state index contributed by atoms with van der Waals surface area (Å²) < 4.78 is 10.5. The molecule has 5 nitrogen and oxygen atoms in total. The van der Waals surface area contributed by atoms with E-state index in [-0.39, 0.29) is 0 Å². The normalized spacial score (nSPS) is 12.1. The van der Waals surface area contributed by atoms with E-state index in [9.17, 15) is 0 Å². The number of nitrogens with one attached hydrogen (secondary N) is 1.